The van der Waals surface area contributed by atoms with Gasteiger partial charge in [-0.25, -0.2) is 9.59 Å². The van der Waals surface area contributed by atoms with Crippen molar-refractivity contribution in [2.24, 2.45) is 17.6 Å². The van der Waals surface area contributed by atoms with Crippen molar-refractivity contribution in [3.63, 3.8) is 0 Å². The van der Waals surface area contributed by atoms with Crippen LogP contribution in [0.1, 0.15) is 37.3 Å². The fraction of sp³-hybridized carbons (Fsp3) is 0.545. The minimum Gasteiger partial charge on any atom is -0.477 e. The number of nitrogens with two attached hydrogens (primary N) is 1. The molecule has 2 aromatic rings. The zero-order valence-electron chi connectivity index (χ0n) is 19.1. The molecule has 5 heterocycles. The van der Waals surface area contributed by atoms with Gasteiger partial charge in [0.05, 0.1) is 22.9 Å². The topological polar surface area (TPSA) is 142 Å². The molecule has 2 amide bonds. The van der Waals surface area contributed by atoms with Crippen LogP contribution in [0.5, 0.6) is 0 Å². The van der Waals surface area contributed by atoms with E-state index in [0.29, 0.717) is 10.8 Å². The van der Waals surface area contributed by atoms with Gasteiger partial charge >= 0.3 is 12.0 Å². The second-order valence-corrected chi connectivity index (χ2v) is 11.5. The first kappa shape index (κ1) is 23.3. The highest BCUT2D eigenvalue weighted by Gasteiger charge is 2.60. The van der Waals surface area contributed by atoms with Gasteiger partial charge in [-0.2, -0.15) is 4.40 Å². The third-order valence-corrected chi connectivity index (χ3v) is 10.0. The number of aliphatic hydroxyl groups excluding tert-OH is 1. The molecule has 2 saturated heterocycles. The summed E-state index contributed by atoms with van der Waals surface area (Å²) in [6.45, 7) is 7.20. The van der Waals surface area contributed by atoms with Crippen LogP contribution in [0.2, 0.25) is 0 Å². The highest BCUT2D eigenvalue weighted by Crippen LogP contribution is 2.52. The number of nitrogens with one attached hydrogen (secondary N) is 1. The first-order valence-corrected chi connectivity index (χ1v) is 13.0. The number of rotatable bonds is 5. The number of nitrogens with zero attached hydrogens (tertiary/aromatic N) is 3. The van der Waals surface area contributed by atoms with Gasteiger partial charge in [-0.15, -0.1) is 4.57 Å². The van der Waals surface area contributed by atoms with Gasteiger partial charge in [-0.05, 0) is 39.8 Å². The summed E-state index contributed by atoms with van der Waals surface area (Å²) in [5, 5.41) is 24.6. The summed E-state index contributed by atoms with van der Waals surface area (Å²) in [5.74, 6) is -2.38. The molecule has 3 aliphatic heterocycles. The Labute approximate surface area is 204 Å². The van der Waals surface area contributed by atoms with Crippen molar-refractivity contribution in [1.82, 2.24) is 14.8 Å². The Balaban J connectivity index is 1.63. The largest absolute Gasteiger partial charge is 0.477 e. The fourth-order valence-corrected chi connectivity index (χ4v) is 8.30. The number of piperidine rings is 1. The molecule has 3 aliphatic rings. The Bertz CT molecular complexity index is 1240. The summed E-state index contributed by atoms with van der Waals surface area (Å²) in [6.07, 6.45) is 2.76. The molecular formula is C22H28N5O5S2+. The second kappa shape index (κ2) is 8.36. The molecule has 5 rings (SSSR count). The van der Waals surface area contributed by atoms with Crippen molar-refractivity contribution in [2.75, 3.05) is 13.1 Å². The van der Waals surface area contributed by atoms with Gasteiger partial charge in [0.1, 0.15) is 11.4 Å². The third-order valence-electron chi connectivity index (χ3n) is 7.16. The molecule has 0 spiro atoms. The number of β-lactam (4-membered cyclic amide) rings is 1. The Morgan fingerprint density at radius 3 is 2.62 bits per heavy atom. The Morgan fingerprint density at radius 1 is 1.35 bits per heavy atom. The normalized spacial score (nSPS) is 26.2. The monoisotopic (exact) mass is 506 g/mol. The summed E-state index contributed by atoms with van der Waals surface area (Å²) < 4.78 is 3.34. The summed E-state index contributed by atoms with van der Waals surface area (Å²) in [7, 11) is 0. The molecule has 0 aromatic carbocycles. The van der Waals surface area contributed by atoms with Crippen molar-refractivity contribution in [3.8, 4) is 0 Å². The standard InChI is InChI=1S/C22H27N5O5S2/c1-9-13(16(21(30)31)27-15(9)14(11(3)28)18(27)29)17-10(2)25-8-26(22(23)32)20(19(25)34-17)33-12-4-6-24-7-5-12/h8-9,11-12,14-15,24,28H,4-7H2,1-3H3,(H2-,23,30,31,32)/p+1/t9-,11+,14+,15+/m0/s1. The molecule has 0 saturated carbocycles. The first-order valence-electron chi connectivity index (χ1n) is 11.4. The van der Waals surface area contributed by atoms with E-state index in [-0.39, 0.29) is 23.6 Å². The van der Waals surface area contributed by atoms with Gasteiger partial charge in [-0.1, -0.05) is 30.0 Å². The summed E-state index contributed by atoms with van der Waals surface area (Å²) in [5.41, 5.74) is 7.05. The van der Waals surface area contributed by atoms with Crippen LogP contribution < -0.4 is 15.5 Å². The Hall–Kier alpha value is -2.41. The first-order chi connectivity index (χ1) is 16.1. The van der Waals surface area contributed by atoms with Crippen molar-refractivity contribution >= 4 is 51.4 Å². The summed E-state index contributed by atoms with van der Waals surface area (Å²) >= 11 is 3.05. The van der Waals surface area contributed by atoms with E-state index in [1.54, 1.807) is 25.0 Å². The van der Waals surface area contributed by atoms with Crippen LogP contribution in [0.15, 0.2) is 17.1 Å². The number of aliphatic carboxylic acids is 1. The number of fused-ring (bicyclic) bond motifs is 2. The van der Waals surface area contributed by atoms with Gasteiger partial charge in [-0.3, -0.25) is 4.79 Å². The minimum atomic E-state index is -1.16. The van der Waals surface area contributed by atoms with E-state index in [0.717, 1.165) is 46.4 Å². The molecule has 0 radical (unpaired) electrons. The van der Waals surface area contributed by atoms with Crippen LogP contribution in [0.3, 0.4) is 0 Å². The van der Waals surface area contributed by atoms with Crippen LogP contribution in [-0.4, -0.2) is 68.1 Å². The predicted octanol–water partition coefficient (Wildman–Crippen LogP) is 1.02. The number of thioether (sulfide) groups is 1. The maximum atomic E-state index is 12.7. The number of carbonyl (C=O) groups excluding carboxylic acids is 2. The van der Waals surface area contributed by atoms with Crippen molar-refractivity contribution in [2.45, 2.75) is 56.0 Å². The Kier molecular flexibility index (Phi) is 5.74. The lowest BCUT2D eigenvalue weighted by molar-refractivity contribution is -0.515. The lowest BCUT2D eigenvalue weighted by Gasteiger charge is -2.46. The molecule has 0 bridgehead atoms. The molecule has 2 aromatic heterocycles. The molecule has 4 atom stereocenters. The number of thiazole rings is 1. The van der Waals surface area contributed by atoms with Crippen LogP contribution >= 0.6 is 23.1 Å². The molecule has 182 valence electrons. The maximum absolute atomic E-state index is 12.7. The number of aromatic nitrogens is 2. The minimum absolute atomic E-state index is 0.0117. The van der Waals surface area contributed by atoms with E-state index in [1.807, 2.05) is 18.2 Å². The zero-order chi connectivity index (χ0) is 24.5. The van der Waals surface area contributed by atoms with E-state index in [1.165, 1.54) is 20.8 Å². The third kappa shape index (κ3) is 3.30. The predicted molar refractivity (Wildman–Crippen MR) is 126 cm³/mol. The van der Waals surface area contributed by atoms with E-state index < -0.39 is 24.0 Å². The number of amides is 2. The van der Waals surface area contributed by atoms with Crippen molar-refractivity contribution < 1.29 is 29.0 Å². The summed E-state index contributed by atoms with van der Waals surface area (Å²) in [6, 6.07) is -0.948. The maximum Gasteiger partial charge on any atom is 0.411 e. The molecule has 10 nitrogen and oxygen atoms in total. The van der Waals surface area contributed by atoms with Gasteiger partial charge in [0.25, 0.3) is 6.33 Å². The average molecular weight is 507 g/mol. The number of aryl methyl sites for hydroxylation is 1. The molecule has 12 heteroatoms. The van der Waals surface area contributed by atoms with Crippen LogP contribution in [0, 0.1) is 18.8 Å². The summed E-state index contributed by atoms with van der Waals surface area (Å²) in [4.78, 5) is 40.2. The fourth-order valence-electron chi connectivity index (χ4n) is 5.49. The molecule has 2 fully saturated rings. The zero-order valence-corrected chi connectivity index (χ0v) is 20.8. The van der Waals surface area contributed by atoms with Gasteiger partial charge in [0.15, 0.2) is 0 Å². The second-order valence-electron chi connectivity index (χ2n) is 9.21. The smallest absolute Gasteiger partial charge is 0.411 e. The lowest BCUT2D eigenvalue weighted by atomic mass is 9.77. The Morgan fingerprint density at radius 2 is 2.03 bits per heavy atom. The molecule has 0 unspecified atom stereocenters. The number of carbonyl (C=O) groups is 3. The lowest BCUT2D eigenvalue weighted by Crippen LogP contribution is -2.63. The quantitative estimate of drug-likeness (QED) is 0.350. The van der Waals surface area contributed by atoms with Gasteiger partial charge < -0.3 is 26.2 Å². The van der Waals surface area contributed by atoms with Crippen LogP contribution in [0.25, 0.3) is 10.4 Å². The SMILES string of the molecule is Cc1c(C2=C(C(=O)O)N3C(=O)[C@H]([C@@H](C)O)[C@H]3[C@H]2C)sc2c(SC3CCNCC3)n(C(N)=O)c[n+]12. The van der Waals surface area contributed by atoms with E-state index in [2.05, 4.69) is 5.32 Å². The number of imidazole rings is 1. The molecule has 5 N–H and O–H groups in total. The number of primary amides is 1. The number of carboxylic acids is 1. The number of carboxylic acid groups (broad SMARTS) is 1. The molecule has 0 aliphatic carbocycles. The van der Waals surface area contributed by atoms with Crippen LogP contribution in [-0.2, 0) is 9.59 Å². The number of hydrogen-bond donors (Lipinski definition) is 4. The van der Waals surface area contributed by atoms with Crippen LogP contribution in [0.4, 0.5) is 4.79 Å². The van der Waals surface area contributed by atoms with Crippen molar-refractivity contribution in [1.29, 1.82) is 0 Å². The highest BCUT2D eigenvalue weighted by molar-refractivity contribution is 8.00. The van der Waals surface area contributed by atoms with Gasteiger partial charge in [0.2, 0.25) is 15.8 Å². The number of hydrogen-bond acceptors (Lipinski definition) is 7. The molecular weight excluding hydrogens is 478 g/mol. The van der Waals surface area contributed by atoms with E-state index in [4.69, 9.17) is 5.73 Å². The van der Waals surface area contributed by atoms with Crippen molar-refractivity contribution in [3.05, 3.63) is 22.6 Å². The highest BCUT2D eigenvalue weighted by atomic mass is 32.2. The number of aliphatic hydroxyl groups is 1. The average Bonchev–Trinajstić information content (AvgIpc) is 3.37. The van der Waals surface area contributed by atoms with E-state index >= 15 is 0 Å². The molecule has 34 heavy (non-hydrogen) atoms. The van der Waals surface area contributed by atoms with E-state index in [9.17, 15) is 24.6 Å². The van der Waals surface area contributed by atoms with Gasteiger partial charge in [0, 0.05) is 16.7 Å².